The molecule has 1 aromatic heterocycles. The standard InChI is InChI=1S/C25H34ClN5O2/c1-17-14-31(24(32)33-25(3,4)5)18(2)13-30(17)22-20-11-12-29(15-19-9-7-6-8-10-19)16-21(20)27-23(26)28-22/h6-10,17-18H,11-16H2,1-5H3/t17?,18-/m0/s1. The highest BCUT2D eigenvalue weighted by molar-refractivity contribution is 6.28. The number of fused-ring (bicyclic) bond motifs is 1. The molecule has 2 atom stereocenters. The molecule has 7 nitrogen and oxygen atoms in total. The molecule has 33 heavy (non-hydrogen) atoms. The molecule has 2 aromatic rings. The SMILES string of the molecule is CC1CN(C(=O)OC(C)(C)C)[C@@H](C)CN1c1nc(Cl)nc2c1CCN(Cc1ccccc1)C2. The van der Waals surface area contributed by atoms with Gasteiger partial charge < -0.3 is 14.5 Å². The number of aromatic nitrogens is 2. The first-order valence-corrected chi connectivity index (χ1v) is 12.1. The second kappa shape index (κ2) is 9.47. The van der Waals surface area contributed by atoms with Gasteiger partial charge in [0.25, 0.3) is 0 Å². The van der Waals surface area contributed by atoms with Gasteiger partial charge in [-0.2, -0.15) is 0 Å². The summed E-state index contributed by atoms with van der Waals surface area (Å²) in [6, 6.07) is 10.6. The Kier molecular flexibility index (Phi) is 6.82. The van der Waals surface area contributed by atoms with Gasteiger partial charge in [0, 0.05) is 50.4 Å². The molecule has 2 aliphatic rings. The lowest BCUT2D eigenvalue weighted by Crippen LogP contribution is -2.59. The van der Waals surface area contributed by atoms with Crippen LogP contribution in [-0.4, -0.2) is 63.2 Å². The number of benzene rings is 1. The van der Waals surface area contributed by atoms with Crippen molar-refractivity contribution in [1.82, 2.24) is 19.8 Å². The monoisotopic (exact) mass is 471 g/mol. The zero-order valence-electron chi connectivity index (χ0n) is 20.2. The Morgan fingerprint density at radius 2 is 1.85 bits per heavy atom. The van der Waals surface area contributed by atoms with Crippen LogP contribution in [0.1, 0.15) is 51.4 Å². The van der Waals surface area contributed by atoms with E-state index in [-0.39, 0.29) is 23.5 Å². The maximum absolute atomic E-state index is 12.7. The molecule has 1 saturated heterocycles. The summed E-state index contributed by atoms with van der Waals surface area (Å²) in [6.07, 6.45) is 0.614. The first-order chi connectivity index (χ1) is 15.6. The summed E-state index contributed by atoms with van der Waals surface area (Å²) < 4.78 is 5.62. The van der Waals surface area contributed by atoms with Crippen molar-refractivity contribution in [3.63, 3.8) is 0 Å². The summed E-state index contributed by atoms with van der Waals surface area (Å²) in [5.41, 5.74) is 2.96. The summed E-state index contributed by atoms with van der Waals surface area (Å²) in [5, 5.41) is 0.278. The van der Waals surface area contributed by atoms with Gasteiger partial charge in [-0.25, -0.2) is 14.8 Å². The van der Waals surface area contributed by atoms with Crippen LogP contribution in [0.2, 0.25) is 5.28 Å². The van der Waals surface area contributed by atoms with Crippen LogP contribution in [0.4, 0.5) is 10.6 Å². The lowest BCUT2D eigenvalue weighted by molar-refractivity contribution is 0.0129. The van der Waals surface area contributed by atoms with Gasteiger partial charge in [-0.3, -0.25) is 4.90 Å². The number of halogens is 1. The average molecular weight is 472 g/mol. The molecule has 8 heteroatoms. The predicted octanol–water partition coefficient (Wildman–Crippen LogP) is 4.52. The lowest BCUT2D eigenvalue weighted by atomic mass is 10.0. The van der Waals surface area contributed by atoms with Gasteiger partial charge in [0.15, 0.2) is 0 Å². The van der Waals surface area contributed by atoms with Crippen molar-refractivity contribution in [2.75, 3.05) is 24.5 Å². The summed E-state index contributed by atoms with van der Waals surface area (Å²) in [5.74, 6) is 0.910. The highest BCUT2D eigenvalue weighted by Crippen LogP contribution is 2.32. The number of hydrogen-bond donors (Lipinski definition) is 0. The molecule has 1 unspecified atom stereocenters. The molecule has 1 amide bonds. The van der Waals surface area contributed by atoms with Crippen molar-refractivity contribution in [2.45, 2.75) is 71.8 Å². The molecule has 0 saturated carbocycles. The Morgan fingerprint density at radius 3 is 2.55 bits per heavy atom. The Morgan fingerprint density at radius 1 is 1.12 bits per heavy atom. The van der Waals surface area contributed by atoms with Crippen LogP contribution >= 0.6 is 11.6 Å². The third-order valence-electron chi connectivity index (χ3n) is 6.23. The number of piperazine rings is 1. The number of amides is 1. The van der Waals surface area contributed by atoms with Gasteiger partial charge in [-0.05, 0) is 58.2 Å². The van der Waals surface area contributed by atoms with Crippen LogP contribution < -0.4 is 4.90 Å². The molecule has 178 valence electrons. The van der Waals surface area contributed by atoms with Crippen molar-refractivity contribution >= 4 is 23.5 Å². The van der Waals surface area contributed by atoms with Crippen molar-refractivity contribution in [2.24, 2.45) is 0 Å². The van der Waals surface area contributed by atoms with E-state index < -0.39 is 5.60 Å². The quantitative estimate of drug-likeness (QED) is 0.613. The first kappa shape index (κ1) is 23.8. The van der Waals surface area contributed by atoms with Gasteiger partial charge >= 0.3 is 6.09 Å². The highest BCUT2D eigenvalue weighted by atomic mass is 35.5. The van der Waals surface area contributed by atoms with Gasteiger partial charge in [0.2, 0.25) is 5.28 Å². The smallest absolute Gasteiger partial charge is 0.410 e. The Hall–Kier alpha value is -2.38. The van der Waals surface area contributed by atoms with E-state index in [1.54, 1.807) is 0 Å². The molecule has 0 N–H and O–H groups in total. The average Bonchev–Trinajstić information content (AvgIpc) is 2.73. The molecule has 3 heterocycles. The Labute approximate surface area is 201 Å². The molecule has 0 aliphatic carbocycles. The molecular weight excluding hydrogens is 438 g/mol. The number of hydrogen-bond acceptors (Lipinski definition) is 6. The molecule has 0 bridgehead atoms. The van der Waals surface area contributed by atoms with Crippen molar-refractivity contribution in [1.29, 1.82) is 0 Å². The molecule has 4 rings (SSSR count). The van der Waals surface area contributed by atoms with Gasteiger partial charge in [0.05, 0.1) is 5.69 Å². The zero-order chi connectivity index (χ0) is 23.8. The molecule has 1 aromatic carbocycles. The fourth-order valence-electron chi connectivity index (χ4n) is 4.65. The van der Waals surface area contributed by atoms with Gasteiger partial charge in [-0.1, -0.05) is 30.3 Å². The van der Waals surface area contributed by atoms with E-state index in [9.17, 15) is 4.79 Å². The maximum atomic E-state index is 12.7. The topological polar surface area (TPSA) is 61.8 Å². The fourth-order valence-corrected chi connectivity index (χ4v) is 4.83. The normalized spacial score (nSPS) is 21.6. The number of anilines is 1. The summed E-state index contributed by atoms with van der Waals surface area (Å²) in [7, 11) is 0. The minimum atomic E-state index is -0.512. The van der Waals surface area contributed by atoms with Gasteiger partial charge in [0.1, 0.15) is 11.4 Å². The fraction of sp³-hybridized carbons (Fsp3) is 0.560. The summed E-state index contributed by atoms with van der Waals surface area (Å²) >= 11 is 6.39. The van der Waals surface area contributed by atoms with E-state index >= 15 is 0 Å². The van der Waals surface area contributed by atoms with Crippen molar-refractivity contribution in [3.05, 3.63) is 52.4 Å². The third-order valence-corrected chi connectivity index (χ3v) is 6.40. The second-order valence-corrected chi connectivity index (χ2v) is 10.5. The second-order valence-electron chi connectivity index (χ2n) is 10.2. The van der Waals surface area contributed by atoms with Crippen molar-refractivity contribution in [3.8, 4) is 0 Å². The maximum Gasteiger partial charge on any atom is 0.410 e. The van der Waals surface area contributed by atoms with E-state index in [1.807, 2.05) is 31.7 Å². The van der Waals surface area contributed by atoms with Crippen LogP contribution in [0, 0.1) is 0 Å². The Bertz CT molecular complexity index is 994. The Balaban J connectivity index is 1.52. The molecular formula is C25H34ClN5O2. The molecule has 0 radical (unpaired) electrons. The van der Waals surface area contributed by atoms with E-state index in [0.717, 1.165) is 37.6 Å². The van der Waals surface area contributed by atoms with E-state index in [1.165, 1.54) is 11.1 Å². The number of nitrogens with zero attached hydrogens (tertiary/aromatic N) is 5. The van der Waals surface area contributed by atoms with E-state index in [0.29, 0.717) is 13.1 Å². The lowest BCUT2D eigenvalue weighted by Gasteiger charge is -2.45. The first-order valence-electron chi connectivity index (χ1n) is 11.7. The zero-order valence-corrected chi connectivity index (χ0v) is 21.0. The molecule has 2 aliphatic heterocycles. The van der Waals surface area contributed by atoms with Crippen LogP contribution in [-0.2, 0) is 24.2 Å². The minimum Gasteiger partial charge on any atom is -0.444 e. The van der Waals surface area contributed by atoms with Crippen LogP contribution in [0.15, 0.2) is 30.3 Å². The van der Waals surface area contributed by atoms with Crippen LogP contribution in [0.25, 0.3) is 0 Å². The van der Waals surface area contributed by atoms with Crippen LogP contribution in [0.3, 0.4) is 0 Å². The molecule has 1 fully saturated rings. The summed E-state index contributed by atoms with van der Waals surface area (Å²) in [6.45, 7) is 13.7. The van der Waals surface area contributed by atoms with Gasteiger partial charge in [-0.15, -0.1) is 0 Å². The molecule has 0 spiro atoms. The largest absolute Gasteiger partial charge is 0.444 e. The number of ether oxygens (including phenoxy) is 1. The highest BCUT2D eigenvalue weighted by Gasteiger charge is 2.37. The summed E-state index contributed by atoms with van der Waals surface area (Å²) in [4.78, 5) is 28.5. The minimum absolute atomic E-state index is 0.00129. The number of rotatable bonds is 3. The third kappa shape index (κ3) is 5.58. The number of carbonyl (C=O) groups excluding carboxylic acids is 1. The predicted molar refractivity (Wildman–Crippen MR) is 131 cm³/mol. The van der Waals surface area contributed by atoms with Crippen LogP contribution in [0.5, 0.6) is 0 Å². The van der Waals surface area contributed by atoms with E-state index in [4.69, 9.17) is 16.3 Å². The number of carbonyl (C=O) groups is 1. The van der Waals surface area contributed by atoms with E-state index in [2.05, 4.69) is 57.9 Å². The van der Waals surface area contributed by atoms with Crippen molar-refractivity contribution < 1.29 is 9.53 Å².